The van der Waals surface area contributed by atoms with Gasteiger partial charge in [0.25, 0.3) is 5.91 Å². The number of carbonyl (C=O) groups excluding carboxylic acids is 1. The van der Waals surface area contributed by atoms with Gasteiger partial charge < -0.3 is 14.5 Å². The lowest BCUT2D eigenvalue weighted by molar-refractivity contribution is 0.0505. The van der Waals surface area contributed by atoms with Crippen LogP contribution in [-0.4, -0.2) is 56.5 Å². The average Bonchev–Trinajstić information content (AvgIpc) is 3.39. The molecule has 6 rings (SSSR count). The van der Waals surface area contributed by atoms with E-state index in [1.54, 1.807) is 0 Å². The summed E-state index contributed by atoms with van der Waals surface area (Å²) in [6, 6.07) is 15.5. The Hall–Kier alpha value is -4.18. The number of hydrogen-bond acceptors (Lipinski definition) is 9. The van der Waals surface area contributed by atoms with Gasteiger partial charge >= 0.3 is 0 Å². The number of ether oxygens (including phenoxy) is 1. The van der Waals surface area contributed by atoms with Crippen LogP contribution in [0.4, 0.5) is 11.6 Å². The lowest BCUT2D eigenvalue weighted by Gasteiger charge is -2.35. The smallest absolute Gasteiger partial charge is 0.254 e. The van der Waals surface area contributed by atoms with Crippen LogP contribution in [0.15, 0.2) is 65.8 Å². The van der Waals surface area contributed by atoms with Gasteiger partial charge in [0.05, 0.1) is 36.4 Å². The molecule has 47 heavy (non-hydrogen) atoms. The molecule has 0 spiro atoms. The highest BCUT2D eigenvalue weighted by Gasteiger charge is 2.32. The van der Waals surface area contributed by atoms with Crippen molar-refractivity contribution in [2.45, 2.75) is 78.8 Å². The maximum atomic E-state index is 14.4. The number of hydrogen-bond donors (Lipinski definition) is 1. The molecule has 9 nitrogen and oxygen atoms in total. The van der Waals surface area contributed by atoms with Crippen molar-refractivity contribution in [1.82, 2.24) is 24.8 Å². The number of benzene rings is 2. The van der Waals surface area contributed by atoms with Crippen molar-refractivity contribution < 1.29 is 9.53 Å². The number of aryl methyl sites for hydroxylation is 2. The minimum atomic E-state index is -0.280. The van der Waals surface area contributed by atoms with E-state index in [0.29, 0.717) is 29.6 Å². The molecule has 2 aromatic carbocycles. The molecule has 1 amide bonds. The van der Waals surface area contributed by atoms with Gasteiger partial charge in [-0.05, 0) is 78.8 Å². The average molecular weight is 652 g/mol. The molecule has 4 aromatic rings. The van der Waals surface area contributed by atoms with Crippen LogP contribution in [0, 0.1) is 24.7 Å². The van der Waals surface area contributed by atoms with Crippen LogP contribution in [0.5, 0.6) is 5.88 Å². The number of fused-ring (bicyclic) bond motifs is 4. The van der Waals surface area contributed by atoms with Gasteiger partial charge in [-0.25, -0.2) is 15.0 Å². The molecule has 4 bridgehead atoms. The lowest BCUT2D eigenvalue weighted by atomic mass is 9.87. The third-order valence-electron chi connectivity index (χ3n) is 8.80. The number of aromatic nitrogens is 4. The van der Waals surface area contributed by atoms with Crippen LogP contribution < -0.4 is 14.4 Å². The minimum Gasteiger partial charge on any atom is -0.475 e. The first-order valence-electron chi connectivity index (χ1n) is 16.3. The van der Waals surface area contributed by atoms with Gasteiger partial charge in [-0.1, -0.05) is 58.9 Å². The van der Waals surface area contributed by atoms with E-state index in [-0.39, 0.29) is 35.9 Å². The maximum Gasteiger partial charge on any atom is 0.254 e. The zero-order valence-corrected chi connectivity index (χ0v) is 29.3. The first kappa shape index (κ1) is 32.7. The zero-order chi connectivity index (χ0) is 33.3. The summed E-state index contributed by atoms with van der Waals surface area (Å²) in [7, 11) is 0. The summed E-state index contributed by atoms with van der Waals surface area (Å²) in [6.45, 7) is 17.8. The molecule has 0 aliphatic carbocycles. The fourth-order valence-electron chi connectivity index (χ4n) is 6.45. The number of nitrogens with zero attached hydrogens (tertiary/aromatic N) is 6. The molecule has 10 heteroatoms. The fourth-order valence-corrected chi connectivity index (χ4v) is 7.08. The van der Waals surface area contributed by atoms with Crippen molar-refractivity contribution >= 4 is 29.5 Å². The standard InChI is InChI=1S/C37H45N7O2S/c1-24-10-8-11-25(2)33(24)30-17-32-41-35(40-30)42-47-29-13-9-12-26(16-29)34(45)44(27(22-46-32)18-36(3,4)5)21-31-38-19-28(20-39-31)43-15-14-37(6,7)23-43/h8-13,16-17,19-20,27H,14-15,18,21-23H2,1-7H3,(H,40,41,42). The predicted molar refractivity (Wildman–Crippen MR) is 189 cm³/mol. The predicted octanol–water partition coefficient (Wildman–Crippen LogP) is 7.75. The third kappa shape index (κ3) is 7.87. The van der Waals surface area contributed by atoms with Gasteiger partial charge in [-0.2, -0.15) is 4.98 Å². The van der Waals surface area contributed by atoms with Crippen LogP contribution in [0.3, 0.4) is 0 Å². The van der Waals surface area contributed by atoms with E-state index in [1.807, 2.05) is 47.6 Å². The molecule has 1 unspecified atom stereocenters. The van der Waals surface area contributed by atoms with E-state index in [2.05, 4.69) is 76.3 Å². The van der Waals surface area contributed by atoms with Crippen molar-refractivity contribution in [2.75, 3.05) is 29.3 Å². The van der Waals surface area contributed by atoms with Gasteiger partial charge in [0.2, 0.25) is 11.8 Å². The number of nitrogens with one attached hydrogen (secondary N) is 1. The van der Waals surface area contributed by atoms with Crippen LogP contribution in [0.2, 0.25) is 0 Å². The Labute approximate surface area is 282 Å². The summed E-state index contributed by atoms with van der Waals surface area (Å²) < 4.78 is 9.80. The quantitative estimate of drug-likeness (QED) is 0.217. The Morgan fingerprint density at radius 2 is 1.74 bits per heavy atom. The highest BCUT2D eigenvalue weighted by Crippen LogP contribution is 2.34. The molecular formula is C37H45N7O2S. The second kappa shape index (κ2) is 13.1. The largest absolute Gasteiger partial charge is 0.475 e. The Morgan fingerprint density at radius 3 is 2.43 bits per heavy atom. The van der Waals surface area contributed by atoms with E-state index >= 15 is 0 Å². The Kier molecular flexibility index (Phi) is 9.16. The van der Waals surface area contributed by atoms with Crippen molar-refractivity contribution in [3.8, 4) is 17.1 Å². The second-order valence-electron chi connectivity index (χ2n) is 14.8. The first-order valence-corrected chi connectivity index (χ1v) is 17.1. The molecule has 1 N–H and O–H groups in total. The van der Waals surface area contributed by atoms with Crippen LogP contribution in [-0.2, 0) is 6.54 Å². The molecule has 246 valence electrons. The Bertz CT molecular complexity index is 1730. The molecule has 0 radical (unpaired) electrons. The lowest BCUT2D eigenvalue weighted by Crippen LogP contribution is -2.45. The maximum absolute atomic E-state index is 14.4. The van der Waals surface area contributed by atoms with Crippen molar-refractivity contribution in [1.29, 1.82) is 0 Å². The monoisotopic (exact) mass is 651 g/mol. The van der Waals surface area contributed by atoms with Crippen molar-refractivity contribution in [3.63, 3.8) is 0 Å². The summed E-state index contributed by atoms with van der Waals surface area (Å²) >= 11 is 1.37. The van der Waals surface area contributed by atoms with Gasteiger partial charge in [-0.15, -0.1) is 0 Å². The SMILES string of the molecule is Cc1cccc(C)c1-c1cc2nc(n1)NSc1cccc(c1)C(=O)N(Cc1ncc(N3CCC(C)(C)C3)cn1)C(CC(C)(C)C)CO2. The molecule has 4 heterocycles. The van der Waals surface area contributed by atoms with Gasteiger partial charge in [-0.3, -0.25) is 9.52 Å². The van der Waals surface area contributed by atoms with E-state index in [4.69, 9.17) is 24.7 Å². The summed E-state index contributed by atoms with van der Waals surface area (Å²) in [5.74, 6) is 1.40. The van der Waals surface area contributed by atoms with E-state index in [0.717, 1.165) is 52.5 Å². The highest BCUT2D eigenvalue weighted by atomic mass is 32.2. The number of anilines is 2. The molecule has 2 aliphatic heterocycles. The van der Waals surface area contributed by atoms with E-state index in [9.17, 15) is 4.79 Å². The van der Waals surface area contributed by atoms with E-state index in [1.165, 1.54) is 11.9 Å². The second-order valence-corrected chi connectivity index (χ2v) is 15.6. The van der Waals surface area contributed by atoms with Crippen LogP contribution in [0.1, 0.15) is 74.8 Å². The van der Waals surface area contributed by atoms with Crippen LogP contribution in [0.25, 0.3) is 11.3 Å². The van der Waals surface area contributed by atoms with Crippen molar-refractivity contribution in [2.24, 2.45) is 10.8 Å². The number of rotatable bonds is 5. The Balaban J connectivity index is 1.37. The molecule has 1 fully saturated rings. The number of amides is 1. The van der Waals surface area contributed by atoms with Crippen molar-refractivity contribution in [3.05, 3.63) is 83.4 Å². The van der Waals surface area contributed by atoms with Gasteiger partial charge in [0.1, 0.15) is 12.4 Å². The fraction of sp³-hybridized carbons (Fsp3) is 0.432. The summed E-state index contributed by atoms with van der Waals surface area (Å²) in [5.41, 5.74) is 5.88. The van der Waals surface area contributed by atoms with Crippen LogP contribution >= 0.6 is 11.9 Å². The summed E-state index contributed by atoms with van der Waals surface area (Å²) in [6.07, 6.45) is 5.63. The van der Waals surface area contributed by atoms with Gasteiger partial charge in [0, 0.05) is 35.2 Å². The molecule has 1 saturated heterocycles. The van der Waals surface area contributed by atoms with E-state index < -0.39 is 0 Å². The molecule has 0 saturated carbocycles. The molecule has 2 aromatic heterocycles. The Morgan fingerprint density at radius 1 is 1.02 bits per heavy atom. The third-order valence-corrected chi connectivity index (χ3v) is 9.57. The topological polar surface area (TPSA) is 96.4 Å². The first-order chi connectivity index (χ1) is 22.3. The minimum absolute atomic E-state index is 0.0900. The normalized spacial score (nSPS) is 18.1. The summed E-state index contributed by atoms with van der Waals surface area (Å²) in [4.78, 5) is 38.6. The molecule has 2 aliphatic rings. The molecular weight excluding hydrogens is 607 g/mol. The summed E-state index contributed by atoms with van der Waals surface area (Å²) in [5, 5.41) is 0. The highest BCUT2D eigenvalue weighted by molar-refractivity contribution is 8.00. The van der Waals surface area contributed by atoms with Gasteiger partial charge in [0.15, 0.2) is 0 Å². The molecule has 1 atom stereocenters. The zero-order valence-electron chi connectivity index (χ0n) is 28.5. The number of carbonyl (C=O) groups is 1.